The van der Waals surface area contributed by atoms with Crippen molar-refractivity contribution in [3.8, 4) is 0 Å². The van der Waals surface area contributed by atoms with E-state index in [4.69, 9.17) is 14.2 Å². The molecule has 3 rings (SSSR count). The Morgan fingerprint density at radius 3 is 2.60 bits per heavy atom. The van der Waals surface area contributed by atoms with E-state index < -0.39 is 29.8 Å². The van der Waals surface area contributed by atoms with Gasteiger partial charge in [0.05, 0.1) is 35.1 Å². The number of carbonyl (C=O) groups excluding carboxylic acids is 2. The average Bonchev–Trinajstić information content (AvgIpc) is 3.06. The smallest absolute Gasteiger partial charge is 0.456 e. The molecule has 0 saturated heterocycles. The lowest BCUT2D eigenvalue weighted by Gasteiger charge is -2.36. The quantitative estimate of drug-likeness (QED) is 0.636. The summed E-state index contributed by atoms with van der Waals surface area (Å²) in [7, 11) is 0. The van der Waals surface area contributed by atoms with Gasteiger partial charge in [0.25, 0.3) is 0 Å². The van der Waals surface area contributed by atoms with Crippen LogP contribution in [0.1, 0.15) is 44.2 Å². The van der Waals surface area contributed by atoms with Crippen LogP contribution >= 0.6 is 0 Å². The molecule has 0 spiro atoms. The monoisotopic (exact) mass is 425 g/mol. The number of alkyl halides is 3. The number of cyclic esters (lactones) is 1. The lowest BCUT2D eigenvalue weighted by molar-refractivity contribution is -0.139. The van der Waals surface area contributed by atoms with Crippen molar-refractivity contribution >= 4 is 12.1 Å². The van der Waals surface area contributed by atoms with Crippen LogP contribution in [0.25, 0.3) is 0 Å². The molecule has 1 atom stereocenters. The van der Waals surface area contributed by atoms with Crippen LogP contribution in [-0.2, 0) is 25.2 Å². The van der Waals surface area contributed by atoms with E-state index >= 15 is 0 Å². The Hall–Kier alpha value is -2.97. The van der Waals surface area contributed by atoms with E-state index in [1.807, 2.05) is 6.92 Å². The van der Waals surface area contributed by atoms with Gasteiger partial charge >= 0.3 is 18.3 Å². The normalized spacial score (nSPS) is 19.1. The molecule has 162 valence electrons. The SMILES string of the molecule is CCCN1C(C)=C(OC(=O)OCC)C(c2ccccc2C(F)(F)F)C2=C1COC2=O. The van der Waals surface area contributed by atoms with Crippen molar-refractivity contribution in [1.29, 1.82) is 0 Å². The molecule has 2 aliphatic rings. The predicted octanol–water partition coefficient (Wildman–Crippen LogP) is 4.73. The molecule has 9 heteroatoms. The van der Waals surface area contributed by atoms with Gasteiger partial charge in [-0.25, -0.2) is 9.59 Å². The summed E-state index contributed by atoms with van der Waals surface area (Å²) in [6, 6.07) is 4.93. The van der Waals surface area contributed by atoms with Gasteiger partial charge in [-0.05, 0) is 31.9 Å². The summed E-state index contributed by atoms with van der Waals surface area (Å²) in [6.45, 7) is 5.59. The first-order valence-electron chi connectivity index (χ1n) is 9.59. The van der Waals surface area contributed by atoms with E-state index in [9.17, 15) is 22.8 Å². The van der Waals surface area contributed by atoms with E-state index in [0.717, 1.165) is 6.07 Å². The fourth-order valence-electron chi connectivity index (χ4n) is 3.79. The minimum Gasteiger partial charge on any atom is -0.456 e. The van der Waals surface area contributed by atoms with Gasteiger partial charge in [0, 0.05) is 6.54 Å². The minimum atomic E-state index is -4.66. The van der Waals surface area contributed by atoms with E-state index in [1.165, 1.54) is 18.2 Å². The van der Waals surface area contributed by atoms with Gasteiger partial charge in [-0.3, -0.25) is 0 Å². The lowest BCUT2D eigenvalue weighted by Crippen LogP contribution is -2.33. The van der Waals surface area contributed by atoms with Crippen LogP contribution < -0.4 is 0 Å². The Morgan fingerprint density at radius 2 is 1.97 bits per heavy atom. The molecular formula is C21H22F3NO5. The molecule has 0 fully saturated rings. The molecule has 2 heterocycles. The Morgan fingerprint density at radius 1 is 1.27 bits per heavy atom. The van der Waals surface area contributed by atoms with Gasteiger partial charge in [0.15, 0.2) is 0 Å². The first-order valence-corrected chi connectivity index (χ1v) is 9.59. The number of nitrogens with zero attached hydrogens (tertiary/aromatic N) is 1. The zero-order valence-electron chi connectivity index (χ0n) is 16.8. The summed E-state index contributed by atoms with van der Waals surface area (Å²) in [5.74, 6) is -2.05. The highest BCUT2D eigenvalue weighted by Crippen LogP contribution is 2.48. The molecular weight excluding hydrogens is 403 g/mol. The molecule has 30 heavy (non-hydrogen) atoms. The minimum absolute atomic E-state index is 0.0314. The zero-order valence-corrected chi connectivity index (χ0v) is 16.8. The number of hydrogen-bond acceptors (Lipinski definition) is 6. The van der Waals surface area contributed by atoms with Gasteiger partial charge in [-0.2, -0.15) is 13.2 Å². The molecule has 0 amide bonds. The molecule has 1 aromatic carbocycles. The second kappa shape index (κ2) is 8.41. The molecule has 0 saturated carbocycles. The third kappa shape index (κ3) is 3.88. The molecule has 1 aromatic rings. The highest BCUT2D eigenvalue weighted by Gasteiger charge is 2.47. The van der Waals surface area contributed by atoms with Crippen LogP contribution in [0.2, 0.25) is 0 Å². The Balaban J connectivity index is 2.24. The van der Waals surface area contributed by atoms with Crippen molar-refractivity contribution in [1.82, 2.24) is 4.90 Å². The van der Waals surface area contributed by atoms with Gasteiger partial charge in [0.1, 0.15) is 12.4 Å². The van der Waals surface area contributed by atoms with Crippen molar-refractivity contribution in [2.24, 2.45) is 0 Å². The number of ether oxygens (including phenoxy) is 3. The molecule has 0 bridgehead atoms. The molecule has 2 aliphatic heterocycles. The van der Waals surface area contributed by atoms with Crippen LogP contribution in [0.3, 0.4) is 0 Å². The van der Waals surface area contributed by atoms with Gasteiger partial charge in [-0.1, -0.05) is 25.1 Å². The van der Waals surface area contributed by atoms with Gasteiger partial charge in [0.2, 0.25) is 0 Å². The largest absolute Gasteiger partial charge is 0.513 e. The second-order valence-corrected chi connectivity index (χ2v) is 6.84. The summed E-state index contributed by atoms with van der Waals surface area (Å²) in [5, 5.41) is 0. The number of benzene rings is 1. The van der Waals surface area contributed by atoms with Crippen molar-refractivity contribution in [3.05, 3.63) is 58.1 Å². The third-order valence-corrected chi connectivity index (χ3v) is 4.99. The molecule has 0 aliphatic carbocycles. The van der Waals surface area contributed by atoms with Crippen molar-refractivity contribution in [2.75, 3.05) is 19.8 Å². The van der Waals surface area contributed by atoms with Crippen LogP contribution in [0.5, 0.6) is 0 Å². The number of halogens is 3. The fraction of sp³-hybridized carbons (Fsp3) is 0.429. The first kappa shape index (κ1) is 21.7. The average molecular weight is 425 g/mol. The maximum Gasteiger partial charge on any atom is 0.513 e. The maximum atomic E-state index is 13.8. The van der Waals surface area contributed by atoms with Crippen LogP contribution in [0.15, 0.2) is 47.0 Å². The summed E-state index contributed by atoms with van der Waals surface area (Å²) < 4.78 is 56.7. The topological polar surface area (TPSA) is 65.1 Å². The van der Waals surface area contributed by atoms with Gasteiger partial charge < -0.3 is 19.1 Å². The molecule has 1 unspecified atom stereocenters. The number of rotatable bonds is 5. The Bertz CT molecular complexity index is 919. The standard InChI is InChI=1S/C21H22F3NO5/c1-4-10-25-12(3)18(30-20(27)28-5-2)16(17-15(25)11-29-19(17)26)13-8-6-7-9-14(13)21(22,23)24/h6-9,16H,4-5,10-11H2,1-3H3. The van der Waals surface area contributed by atoms with E-state index in [0.29, 0.717) is 24.4 Å². The summed E-state index contributed by atoms with van der Waals surface area (Å²) in [5.41, 5.74) is -0.138. The Kier molecular flexibility index (Phi) is 6.09. The molecule has 0 radical (unpaired) electrons. The van der Waals surface area contributed by atoms with Crippen LogP contribution in [0, 0.1) is 0 Å². The highest BCUT2D eigenvalue weighted by molar-refractivity contribution is 5.95. The Labute approximate surface area is 171 Å². The summed E-state index contributed by atoms with van der Waals surface area (Å²) in [4.78, 5) is 26.4. The molecule has 0 N–H and O–H groups in total. The third-order valence-electron chi connectivity index (χ3n) is 4.99. The summed E-state index contributed by atoms with van der Waals surface area (Å²) >= 11 is 0. The van der Waals surface area contributed by atoms with Crippen LogP contribution in [-0.4, -0.2) is 36.8 Å². The molecule has 6 nitrogen and oxygen atoms in total. The van der Waals surface area contributed by atoms with E-state index in [1.54, 1.807) is 18.7 Å². The number of hydrogen-bond donors (Lipinski definition) is 0. The summed E-state index contributed by atoms with van der Waals surface area (Å²) in [6.07, 6.45) is -5.02. The number of allylic oxidation sites excluding steroid dienone is 2. The maximum absolute atomic E-state index is 13.8. The van der Waals surface area contributed by atoms with Crippen molar-refractivity contribution in [2.45, 2.75) is 39.3 Å². The number of carbonyl (C=O) groups is 2. The number of esters is 1. The zero-order chi connectivity index (χ0) is 22.1. The van der Waals surface area contributed by atoms with Crippen molar-refractivity contribution in [3.63, 3.8) is 0 Å². The lowest BCUT2D eigenvalue weighted by atomic mass is 9.82. The highest BCUT2D eigenvalue weighted by atomic mass is 19.4. The first-order chi connectivity index (χ1) is 14.2. The van der Waals surface area contributed by atoms with E-state index in [2.05, 4.69) is 0 Å². The van der Waals surface area contributed by atoms with Crippen LogP contribution in [0.4, 0.5) is 18.0 Å². The van der Waals surface area contributed by atoms with E-state index in [-0.39, 0.29) is 30.1 Å². The van der Waals surface area contributed by atoms with Crippen molar-refractivity contribution < 1.29 is 37.0 Å². The molecule has 0 aromatic heterocycles. The predicted molar refractivity (Wildman–Crippen MR) is 100.0 cm³/mol. The van der Waals surface area contributed by atoms with Gasteiger partial charge in [-0.15, -0.1) is 0 Å². The second-order valence-electron chi connectivity index (χ2n) is 6.84. The fourth-order valence-corrected chi connectivity index (χ4v) is 3.79.